The molecule has 0 saturated heterocycles. The Labute approximate surface area is 129 Å². The summed E-state index contributed by atoms with van der Waals surface area (Å²) in [5, 5.41) is 0.956. The highest BCUT2D eigenvalue weighted by molar-refractivity contribution is 9.10. The van der Waals surface area contributed by atoms with E-state index in [0.29, 0.717) is 20.4 Å². The number of fused-ring (bicyclic) bond motifs is 1. The van der Waals surface area contributed by atoms with E-state index < -0.39 is 11.6 Å². The van der Waals surface area contributed by atoms with Crippen molar-refractivity contribution in [1.29, 1.82) is 0 Å². The molecule has 106 valence electrons. The molecule has 2 aromatic rings. The van der Waals surface area contributed by atoms with E-state index in [4.69, 9.17) is 22.1 Å². The van der Waals surface area contributed by atoms with Crippen molar-refractivity contribution in [2.24, 2.45) is 0 Å². The van der Waals surface area contributed by atoms with Crippen molar-refractivity contribution in [3.8, 4) is 0 Å². The number of halogens is 2. The number of hydrogen-bond acceptors (Lipinski definition) is 5. The third-order valence-electron chi connectivity index (χ3n) is 2.35. The molecule has 2 rings (SSSR count). The summed E-state index contributed by atoms with van der Waals surface area (Å²) in [6.45, 7) is 5.34. The summed E-state index contributed by atoms with van der Waals surface area (Å²) in [6.07, 6.45) is 0. The van der Waals surface area contributed by atoms with Crippen LogP contribution in [0.2, 0.25) is 5.02 Å². The summed E-state index contributed by atoms with van der Waals surface area (Å²) < 4.78 is 5.98. The van der Waals surface area contributed by atoms with Gasteiger partial charge in [0.15, 0.2) is 5.69 Å². The van der Waals surface area contributed by atoms with E-state index in [1.807, 2.05) is 0 Å². The van der Waals surface area contributed by atoms with Crippen LogP contribution in [0, 0.1) is 0 Å². The molecule has 0 radical (unpaired) electrons. The molecule has 2 N–H and O–H groups in total. The first kappa shape index (κ1) is 15.0. The summed E-state index contributed by atoms with van der Waals surface area (Å²) in [4.78, 5) is 20.3. The van der Waals surface area contributed by atoms with Gasteiger partial charge in [0.2, 0.25) is 5.95 Å². The Hall–Kier alpha value is -1.40. The minimum atomic E-state index is -0.623. The second-order valence-corrected chi connectivity index (χ2v) is 6.48. The Bertz CT molecular complexity index is 698. The highest BCUT2D eigenvalue weighted by atomic mass is 79.9. The lowest BCUT2D eigenvalue weighted by Gasteiger charge is -2.19. The summed E-state index contributed by atoms with van der Waals surface area (Å²) in [5.74, 6) is -0.553. The Balaban J connectivity index is 2.63. The molecule has 0 saturated carbocycles. The molecular formula is C13H13BrClN3O2. The standard InChI is InChI=1S/C13H13BrClN3O2/c1-13(2,3)20-11(19)10-6-4-8(15)7(14)5-9(6)17-12(16)18-10/h4-5H,1-3H3,(H2,16,17,18). The number of carbonyl (C=O) groups is 1. The van der Waals surface area contributed by atoms with Gasteiger partial charge >= 0.3 is 5.97 Å². The summed E-state index contributed by atoms with van der Waals surface area (Å²) in [7, 11) is 0. The van der Waals surface area contributed by atoms with Crippen molar-refractivity contribution in [3.63, 3.8) is 0 Å². The van der Waals surface area contributed by atoms with Crippen LogP contribution in [0.1, 0.15) is 31.3 Å². The fourth-order valence-electron chi connectivity index (χ4n) is 1.62. The fourth-order valence-corrected chi connectivity index (χ4v) is 2.12. The van der Waals surface area contributed by atoms with Crippen LogP contribution < -0.4 is 5.73 Å². The zero-order chi connectivity index (χ0) is 15.1. The number of hydrogen-bond donors (Lipinski definition) is 1. The zero-order valence-corrected chi connectivity index (χ0v) is 13.5. The fraction of sp³-hybridized carbons (Fsp3) is 0.308. The molecule has 0 spiro atoms. The normalized spacial score (nSPS) is 11.7. The van der Waals surface area contributed by atoms with Crippen LogP contribution in [-0.2, 0) is 4.74 Å². The second kappa shape index (κ2) is 5.18. The molecule has 7 heteroatoms. The number of rotatable bonds is 1. The molecule has 1 aromatic heterocycles. The number of nitrogens with zero attached hydrogens (tertiary/aromatic N) is 2. The first-order valence-electron chi connectivity index (χ1n) is 5.83. The van der Waals surface area contributed by atoms with Crippen LogP contribution >= 0.6 is 27.5 Å². The molecule has 0 aliphatic rings. The number of nitrogens with two attached hydrogens (primary N) is 1. The van der Waals surface area contributed by atoms with Gasteiger partial charge in [0.05, 0.1) is 10.5 Å². The van der Waals surface area contributed by atoms with Crippen LogP contribution in [-0.4, -0.2) is 21.5 Å². The van der Waals surface area contributed by atoms with Crippen LogP contribution in [0.3, 0.4) is 0 Å². The third-order valence-corrected chi connectivity index (χ3v) is 3.54. The smallest absolute Gasteiger partial charge is 0.358 e. The Morgan fingerprint density at radius 1 is 1.35 bits per heavy atom. The lowest BCUT2D eigenvalue weighted by Crippen LogP contribution is -2.25. The van der Waals surface area contributed by atoms with E-state index in [9.17, 15) is 4.79 Å². The number of aromatic nitrogens is 2. The summed E-state index contributed by atoms with van der Waals surface area (Å²) >= 11 is 9.35. The lowest BCUT2D eigenvalue weighted by molar-refractivity contribution is 0.00654. The van der Waals surface area contributed by atoms with Crippen molar-refractivity contribution < 1.29 is 9.53 Å². The second-order valence-electron chi connectivity index (χ2n) is 5.22. The molecule has 5 nitrogen and oxygen atoms in total. The topological polar surface area (TPSA) is 78.1 Å². The van der Waals surface area contributed by atoms with Crippen molar-refractivity contribution >= 4 is 50.4 Å². The van der Waals surface area contributed by atoms with Gasteiger partial charge in [-0.1, -0.05) is 11.6 Å². The van der Waals surface area contributed by atoms with Gasteiger partial charge in [-0.15, -0.1) is 0 Å². The molecule has 20 heavy (non-hydrogen) atoms. The molecule has 0 aliphatic heterocycles. The minimum absolute atomic E-state index is 0.00702. The first-order chi connectivity index (χ1) is 9.17. The highest BCUT2D eigenvalue weighted by Gasteiger charge is 2.22. The van der Waals surface area contributed by atoms with Crippen molar-refractivity contribution in [2.45, 2.75) is 26.4 Å². The van der Waals surface area contributed by atoms with Crippen molar-refractivity contribution in [1.82, 2.24) is 9.97 Å². The number of carbonyl (C=O) groups excluding carboxylic acids is 1. The van der Waals surface area contributed by atoms with E-state index in [0.717, 1.165) is 0 Å². The number of esters is 1. The predicted octanol–water partition coefficient (Wildman–Crippen LogP) is 3.58. The quantitative estimate of drug-likeness (QED) is 0.788. The molecule has 0 atom stereocenters. The number of benzene rings is 1. The van der Waals surface area contributed by atoms with Gasteiger partial charge < -0.3 is 10.5 Å². The summed E-state index contributed by atoms with van der Waals surface area (Å²) in [5.41, 5.74) is 5.64. The van der Waals surface area contributed by atoms with Crippen molar-refractivity contribution in [3.05, 3.63) is 27.3 Å². The molecule has 0 amide bonds. The van der Waals surface area contributed by atoms with Crippen LogP contribution in [0.4, 0.5) is 5.95 Å². The van der Waals surface area contributed by atoms with E-state index >= 15 is 0 Å². The van der Waals surface area contributed by atoms with E-state index in [-0.39, 0.29) is 11.6 Å². The SMILES string of the molecule is CC(C)(C)OC(=O)c1nc(N)nc2cc(Br)c(Cl)cc12. The van der Waals surface area contributed by atoms with E-state index in [1.54, 1.807) is 32.9 Å². The van der Waals surface area contributed by atoms with Gasteiger partial charge in [0.25, 0.3) is 0 Å². The Morgan fingerprint density at radius 3 is 2.60 bits per heavy atom. The lowest BCUT2D eigenvalue weighted by atomic mass is 10.1. The van der Waals surface area contributed by atoms with Crippen LogP contribution in [0.15, 0.2) is 16.6 Å². The van der Waals surface area contributed by atoms with Crippen molar-refractivity contribution in [2.75, 3.05) is 5.73 Å². The highest BCUT2D eigenvalue weighted by Crippen LogP contribution is 2.29. The monoisotopic (exact) mass is 357 g/mol. The maximum atomic E-state index is 12.2. The molecule has 0 fully saturated rings. The van der Waals surface area contributed by atoms with Gasteiger partial charge in [-0.2, -0.15) is 0 Å². The Kier molecular flexibility index (Phi) is 3.88. The Morgan fingerprint density at radius 2 is 2.00 bits per heavy atom. The van der Waals surface area contributed by atoms with Crippen LogP contribution in [0.25, 0.3) is 10.9 Å². The number of nitrogen functional groups attached to an aromatic ring is 1. The maximum Gasteiger partial charge on any atom is 0.358 e. The molecular weight excluding hydrogens is 346 g/mol. The average molecular weight is 359 g/mol. The van der Waals surface area contributed by atoms with Crippen LogP contribution in [0.5, 0.6) is 0 Å². The molecule has 0 bridgehead atoms. The molecule has 1 aromatic carbocycles. The minimum Gasteiger partial charge on any atom is -0.455 e. The van der Waals surface area contributed by atoms with Gasteiger partial charge in [0.1, 0.15) is 5.60 Å². The van der Waals surface area contributed by atoms with E-state index in [2.05, 4.69) is 25.9 Å². The summed E-state index contributed by atoms with van der Waals surface area (Å²) in [6, 6.07) is 3.29. The third kappa shape index (κ3) is 3.19. The molecule has 0 unspecified atom stereocenters. The number of anilines is 1. The van der Waals surface area contributed by atoms with Gasteiger partial charge in [-0.05, 0) is 48.8 Å². The predicted molar refractivity (Wildman–Crippen MR) is 81.8 cm³/mol. The zero-order valence-electron chi connectivity index (χ0n) is 11.2. The first-order valence-corrected chi connectivity index (χ1v) is 7.00. The van der Waals surface area contributed by atoms with Gasteiger partial charge in [-0.25, -0.2) is 14.8 Å². The van der Waals surface area contributed by atoms with Gasteiger partial charge in [-0.3, -0.25) is 0 Å². The average Bonchev–Trinajstić information content (AvgIpc) is 2.28. The largest absolute Gasteiger partial charge is 0.455 e. The molecule has 0 aliphatic carbocycles. The van der Waals surface area contributed by atoms with E-state index in [1.165, 1.54) is 0 Å². The molecule has 1 heterocycles. The number of ether oxygens (including phenoxy) is 1. The maximum absolute atomic E-state index is 12.2. The van der Waals surface area contributed by atoms with Gasteiger partial charge in [0, 0.05) is 9.86 Å².